The van der Waals surface area contributed by atoms with Gasteiger partial charge in [0.1, 0.15) is 17.3 Å². The van der Waals surface area contributed by atoms with Crippen LogP contribution in [0.15, 0.2) is 72.3 Å². The summed E-state index contributed by atoms with van der Waals surface area (Å²) in [4.78, 5) is 27.7. The van der Waals surface area contributed by atoms with E-state index in [0.29, 0.717) is 23.5 Å². The molecule has 4 rings (SSSR count). The number of hydrogen-bond acceptors (Lipinski definition) is 5. The maximum absolute atomic E-state index is 13.3. The number of alkyl halides is 3. The second-order valence-electron chi connectivity index (χ2n) is 8.96. The fraction of sp³-hybridized carbons (Fsp3) is 0.241. The van der Waals surface area contributed by atoms with Gasteiger partial charge in [0.25, 0.3) is 11.7 Å². The number of ketones is 1. The van der Waals surface area contributed by atoms with E-state index in [1.165, 1.54) is 12.1 Å². The van der Waals surface area contributed by atoms with Crippen LogP contribution in [0, 0.1) is 13.8 Å². The second kappa shape index (κ2) is 10.6. The molecule has 1 aliphatic heterocycles. The Bertz CT molecular complexity index is 1410. The van der Waals surface area contributed by atoms with Crippen LogP contribution in [0.1, 0.15) is 41.6 Å². The van der Waals surface area contributed by atoms with Crippen molar-refractivity contribution in [1.82, 2.24) is 0 Å². The Morgan fingerprint density at radius 2 is 1.74 bits per heavy atom. The fourth-order valence-electron chi connectivity index (χ4n) is 4.41. The molecule has 1 saturated heterocycles. The molecule has 1 atom stereocenters. The van der Waals surface area contributed by atoms with Gasteiger partial charge >= 0.3 is 6.36 Å². The molecule has 0 aromatic heterocycles. The van der Waals surface area contributed by atoms with Crippen molar-refractivity contribution in [1.29, 1.82) is 0 Å². The molecule has 0 bridgehead atoms. The zero-order chi connectivity index (χ0) is 27.6. The van der Waals surface area contributed by atoms with E-state index in [4.69, 9.17) is 4.74 Å². The van der Waals surface area contributed by atoms with E-state index in [0.717, 1.165) is 34.6 Å². The highest BCUT2D eigenvalue weighted by Crippen LogP contribution is 2.43. The molecule has 1 N–H and O–H groups in total. The molecule has 0 spiro atoms. The average Bonchev–Trinajstić information content (AvgIpc) is 3.12. The molecule has 1 amide bonds. The third kappa shape index (κ3) is 5.51. The Morgan fingerprint density at radius 3 is 2.39 bits per heavy atom. The maximum atomic E-state index is 13.3. The number of Topliss-reactive ketones (excluding diaryl/α,β-unsaturated/α-hetero) is 1. The van der Waals surface area contributed by atoms with Crippen LogP contribution < -0.4 is 14.4 Å². The van der Waals surface area contributed by atoms with Gasteiger partial charge in [0.2, 0.25) is 0 Å². The number of hydrogen-bond donors (Lipinski definition) is 1. The number of aryl methyl sites for hydroxylation is 2. The van der Waals surface area contributed by atoms with Crippen molar-refractivity contribution in [3.63, 3.8) is 0 Å². The summed E-state index contributed by atoms with van der Waals surface area (Å²) in [6.45, 7) is 6.11. The lowest BCUT2D eigenvalue weighted by atomic mass is 9.94. The normalized spacial score (nSPS) is 17.1. The Balaban J connectivity index is 1.87. The zero-order valence-electron chi connectivity index (χ0n) is 21.0. The third-order valence-corrected chi connectivity index (χ3v) is 6.04. The molecule has 3 aromatic carbocycles. The van der Waals surface area contributed by atoms with Gasteiger partial charge in [-0.1, -0.05) is 42.8 Å². The average molecular weight is 526 g/mol. The summed E-state index contributed by atoms with van der Waals surface area (Å²) in [5.41, 5.74) is 2.20. The first-order chi connectivity index (χ1) is 18.0. The van der Waals surface area contributed by atoms with E-state index in [1.54, 1.807) is 43.3 Å². The van der Waals surface area contributed by atoms with Gasteiger partial charge in [-0.2, -0.15) is 0 Å². The van der Waals surface area contributed by atoms with Crippen molar-refractivity contribution in [2.24, 2.45) is 0 Å². The van der Waals surface area contributed by atoms with Crippen molar-refractivity contribution in [3.8, 4) is 11.5 Å². The fourth-order valence-corrected chi connectivity index (χ4v) is 4.41. The summed E-state index contributed by atoms with van der Waals surface area (Å²) in [6.07, 6.45) is -4.12. The summed E-state index contributed by atoms with van der Waals surface area (Å²) in [5.74, 6) is -2.26. The van der Waals surface area contributed by atoms with E-state index >= 15 is 0 Å². The highest BCUT2D eigenvalue weighted by molar-refractivity contribution is 6.51. The molecule has 1 unspecified atom stereocenters. The van der Waals surface area contributed by atoms with Crippen molar-refractivity contribution in [2.45, 2.75) is 39.6 Å². The van der Waals surface area contributed by atoms with Gasteiger partial charge in [-0.05, 0) is 61.7 Å². The lowest BCUT2D eigenvalue weighted by Gasteiger charge is -2.26. The topological polar surface area (TPSA) is 76.1 Å². The number of benzene rings is 3. The molecule has 198 valence electrons. The third-order valence-electron chi connectivity index (χ3n) is 6.04. The summed E-state index contributed by atoms with van der Waals surface area (Å²) < 4.78 is 48.3. The lowest BCUT2D eigenvalue weighted by Crippen LogP contribution is -2.29. The van der Waals surface area contributed by atoms with E-state index in [9.17, 15) is 27.9 Å². The molecule has 0 saturated carbocycles. The summed E-state index contributed by atoms with van der Waals surface area (Å²) in [7, 11) is 0. The lowest BCUT2D eigenvalue weighted by molar-refractivity contribution is -0.274. The molecule has 9 heteroatoms. The first kappa shape index (κ1) is 26.8. The number of amides is 1. The van der Waals surface area contributed by atoms with Gasteiger partial charge in [-0.3, -0.25) is 14.5 Å². The summed E-state index contributed by atoms with van der Waals surface area (Å²) in [5, 5.41) is 11.3. The molecule has 0 aliphatic carbocycles. The number of aliphatic hydroxyl groups excluding tert-OH is 1. The number of carbonyl (C=O) groups is 2. The van der Waals surface area contributed by atoms with Crippen LogP contribution in [-0.4, -0.2) is 29.8 Å². The van der Waals surface area contributed by atoms with Crippen LogP contribution in [0.3, 0.4) is 0 Å². The minimum atomic E-state index is -4.94. The number of nitrogens with zero attached hydrogens (tertiary/aromatic N) is 1. The van der Waals surface area contributed by atoms with Crippen LogP contribution in [-0.2, 0) is 9.59 Å². The maximum Gasteiger partial charge on any atom is 0.573 e. The van der Waals surface area contributed by atoms with Gasteiger partial charge in [0.15, 0.2) is 0 Å². The van der Waals surface area contributed by atoms with Crippen molar-refractivity contribution < 1.29 is 37.3 Å². The highest BCUT2D eigenvalue weighted by atomic mass is 19.4. The van der Waals surface area contributed by atoms with Crippen molar-refractivity contribution in [2.75, 3.05) is 11.5 Å². The first-order valence-electron chi connectivity index (χ1n) is 12.0. The van der Waals surface area contributed by atoms with Crippen molar-refractivity contribution >= 4 is 23.1 Å². The molecule has 6 nitrogen and oxygen atoms in total. The minimum Gasteiger partial charge on any atom is -0.507 e. The van der Waals surface area contributed by atoms with Gasteiger partial charge in [0, 0.05) is 17.3 Å². The molecule has 3 aromatic rings. The Labute approximate surface area is 217 Å². The van der Waals surface area contributed by atoms with Crippen LogP contribution in [0.2, 0.25) is 0 Å². The Hall–Kier alpha value is -4.27. The van der Waals surface area contributed by atoms with Crippen LogP contribution >= 0.6 is 0 Å². The molecular weight excluding hydrogens is 499 g/mol. The van der Waals surface area contributed by atoms with E-state index in [1.807, 2.05) is 19.9 Å². The molecule has 38 heavy (non-hydrogen) atoms. The minimum absolute atomic E-state index is 0.0129. The Morgan fingerprint density at radius 1 is 1.00 bits per heavy atom. The number of aliphatic hydroxyl groups is 1. The van der Waals surface area contributed by atoms with E-state index in [-0.39, 0.29) is 11.3 Å². The second-order valence-corrected chi connectivity index (χ2v) is 8.96. The zero-order valence-corrected chi connectivity index (χ0v) is 21.0. The van der Waals surface area contributed by atoms with Gasteiger partial charge in [-0.25, -0.2) is 0 Å². The number of anilines is 1. The predicted molar refractivity (Wildman–Crippen MR) is 136 cm³/mol. The predicted octanol–water partition coefficient (Wildman–Crippen LogP) is 6.62. The Kier molecular flexibility index (Phi) is 7.48. The number of halogens is 3. The summed E-state index contributed by atoms with van der Waals surface area (Å²) in [6, 6.07) is 15.7. The van der Waals surface area contributed by atoms with Gasteiger partial charge in [0.05, 0.1) is 18.2 Å². The summed E-state index contributed by atoms with van der Waals surface area (Å²) >= 11 is 0. The van der Waals surface area contributed by atoms with Crippen LogP contribution in [0.5, 0.6) is 11.5 Å². The number of rotatable bonds is 7. The first-order valence-corrected chi connectivity index (χ1v) is 12.0. The SMILES string of the molecule is CCCOc1ccc(/C(O)=C2\C(=O)C(=O)N(c3cccc(OC(F)(F)F)c3)C2c2cccc(C)c2)cc1C. The molecule has 1 heterocycles. The number of carbonyl (C=O) groups excluding carboxylic acids is 2. The molecule has 1 fully saturated rings. The monoisotopic (exact) mass is 525 g/mol. The largest absolute Gasteiger partial charge is 0.573 e. The van der Waals surface area contributed by atoms with E-state index in [2.05, 4.69) is 4.74 Å². The van der Waals surface area contributed by atoms with Crippen LogP contribution in [0.25, 0.3) is 5.76 Å². The molecule has 1 aliphatic rings. The van der Waals surface area contributed by atoms with Gasteiger partial charge in [-0.15, -0.1) is 13.2 Å². The highest BCUT2D eigenvalue weighted by Gasteiger charge is 2.47. The van der Waals surface area contributed by atoms with Gasteiger partial charge < -0.3 is 14.6 Å². The molecular formula is C29H26F3NO5. The van der Waals surface area contributed by atoms with Crippen LogP contribution in [0.4, 0.5) is 18.9 Å². The molecule has 0 radical (unpaired) electrons. The quantitative estimate of drug-likeness (QED) is 0.213. The number of ether oxygens (including phenoxy) is 2. The standard InChI is InChI=1S/C29H26F3NO5/c1-4-13-37-23-12-11-20(15-18(23)3)26(34)24-25(19-8-5-7-17(2)14-19)33(28(36)27(24)35)21-9-6-10-22(16-21)38-29(30,31)32/h5-12,14-16,25,34H,4,13H2,1-3H3/b26-24+. The smallest absolute Gasteiger partial charge is 0.507 e. The van der Waals surface area contributed by atoms with E-state index < -0.39 is 35.6 Å². The van der Waals surface area contributed by atoms with Crippen molar-refractivity contribution in [3.05, 3.63) is 94.6 Å².